The third-order valence-electron chi connectivity index (χ3n) is 3.19. The summed E-state index contributed by atoms with van der Waals surface area (Å²) in [5.74, 6) is -1.19. The van der Waals surface area contributed by atoms with Gasteiger partial charge in [-0.2, -0.15) is 0 Å². The van der Waals surface area contributed by atoms with Crippen LogP contribution in [-0.2, 0) is 14.3 Å². The van der Waals surface area contributed by atoms with Crippen molar-refractivity contribution in [2.45, 2.75) is 56.6 Å². The van der Waals surface area contributed by atoms with Gasteiger partial charge in [0.2, 0.25) is 5.91 Å². The number of esters is 1. The highest BCUT2D eigenvalue weighted by Gasteiger charge is 2.67. The maximum Gasteiger partial charge on any atom is 0.340 e. The van der Waals surface area contributed by atoms with Crippen molar-refractivity contribution in [2.75, 3.05) is 6.54 Å². The number of hydrogen-bond donors (Lipinski definition) is 2. The number of ether oxygens (including phenoxy) is 1. The van der Waals surface area contributed by atoms with Gasteiger partial charge < -0.3 is 15.2 Å². The predicted molar refractivity (Wildman–Crippen MR) is 76.6 cm³/mol. The minimum absolute atomic E-state index is 0.264. The first-order chi connectivity index (χ1) is 8.71. The van der Waals surface area contributed by atoms with E-state index in [2.05, 4.69) is 5.32 Å². The Labute approximate surface area is 128 Å². The molecule has 0 unspecified atom stereocenters. The highest BCUT2D eigenvalue weighted by molar-refractivity contribution is 6.53. The molecular formula is C13H21Cl2NO4. The quantitative estimate of drug-likeness (QED) is 0.610. The van der Waals surface area contributed by atoms with Gasteiger partial charge in [0.05, 0.1) is 12.0 Å². The summed E-state index contributed by atoms with van der Waals surface area (Å²) in [4.78, 5) is 23.8. The van der Waals surface area contributed by atoms with E-state index in [1.165, 1.54) is 6.92 Å². The molecule has 0 radical (unpaired) electrons. The topological polar surface area (TPSA) is 75.6 Å². The van der Waals surface area contributed by atoms with Crippen molar-refractivity contribution in [1.82, 2.24) is 5.32 Å². The van der Waals surface area contributed by atoms with Crippen molar-refractivity contribution in [3.8, 4) is 0 Å². The molecule has 1 rings (SSSR count). The molecule has 0 bridgehead atoms. The van der Waals surface area contributed by atoms with Crippen LogP contribution in [0.5, 0.6) is 0 Å². The Hall–Kier alpha value is -0.520. The van der Waals surface area contributed by atoms with E-state index < -0.39 is 32.8 Å². The zero-order valence-corrected chi connectivity index (χ0v) is 13.9. The molecule has 2 N–H and O–H groups in total. The smallest absolute Gasteiger partial charge is 0.340 e. The molecule has 1 aliphatic carbocycles. The number of amides is 1. The Kier molecular flexibility index (Phi) is 4.42. The Morgan fingerprint density at radius 1 is 1.30 bits per heavy atom. The highest BCUT2D eigenvalue weighted by atomic mass is 35.5. The lowest BCUT2D eigenvalue weighted by molar-refractivity contribution is -0.175. The third kappa shape index (κ3) is 3.77. The van der Waals surface area contributed by atoms with Crippen LogP contribution < -0.4 is 5.32 Å². The summed E-state index contributed by atoms with van der Waals surface area (Å²) in [7, 11) is 0. The van der Waals surface area contributed by atoms with Gasteiger partial charge >= 0.3 is 5.97 Å². The van der Waals surface area contributed by atoms with Gasteiger partial charge in [0.1, 0.15) is 9.93 Å². The second-order valence-electron chi connectivity index (χ2n) is 6.67. The number of aliphatic hydroxyl groups is 1. The molecule has 2 atom stereocenters. The Balaban J connectivity index is 2.56. The van der Waals surface area contributed by atoms with Crippen molar-refractivity contribution in [2.24, 2.45) is 5.41 Å². The van der Waals surface area contributed by atoms with E-state index in [1.807, 2.05) is 0 Å². The molecule has 1 saturated carbocycles. The van der Waals surface area contributed by atoms with Crippen molar-refractivity contribution >= 4 is 35.1 Å². The summed E-state index contributed by atoms with van der Waals surface area (Å²) < 4.78 is 4.00. The van der Waals surface area contributed by atoms with Gasteiger partial charge in [-0.3, -0.25) is 4.79 Å². The number of carbonyl (C=O) groups is 2. The second-order valence-corrected chi connectivity index (χ2v) is 8.16. The molecule has 7 heteroatoms. The summed E-state index contributed by atoms with van der Waals surface area (Å²) in [6.45, 7) is 7.73. The van der Waals surface area contributed by atoms with Gasteiger partial charge in [0.15, 0.2) is 5.60 Å². The molecule has 1 amide bonds. The van der Waals surface area contributed by atoms with Crippen LogP contribution in [0.3, 0.4) is 0 Å². The second kappa shape index (κ2) is 5.04. The van der Waals surface area contributed by atoms with Crippen molar-refractivity contribution < 1.29 is 19.4 Å². The van der Waals surface area contributed by atoms with Crippen LogP contribution in [0.4, 0.5) is 0 Å². The molecule has 116 valence electrons. The molecule has 0 aromatic heterocycles. The summed E-state index contributed by atoms with van der Waals surface area (Å²) in [5.41, 5.74) is -3.41. The Morgan fingerprint density at radius 3 is 2.10 bits per heavy atom. The fourth-order valence-corrected chi connectivity index (χ4v) is 2.26. The lowest BCUT2D eigenvalue weighted by Gasteiger charge is -2.28. The molecule has 0 spiro atoms. The van der Waals surface area contributed by atoms with Gasteiger partial charge in [-0.1, -0.05) is 0 Å². The van der Waals surface area contributed by atoms with Crippen LogP contribution in [0.1, 0.15) is 41.0 Å². The van der Waals surface area contributed by atoms with Gasteiger partial charge in [-0.05, 0) is 41.0 Å². The fourth-order valence-electron chi connectivity index (χ4n) is 1.55. The van der Waals surface area contributed by atoms with E-state index >= 15 is 0 Å². The van der Waals surface area contributed by atoms with E-state index in [9.17, 15) is 14.7 Å². The summed E-state index contributed by atoms with van der Waals surface area (Å²) in [6, 6.07) is 0. The minimum atomic E-state index is -1.81. The molecule has 20 heavy (non-hydrogen) atoms. The maximum atomic E-state index is 12.0. The monoisotopic (exact) mass is 325 g/mol. The average molecular weight is 326 g/mol. The van der Waals surface area contributed by atoms with Crippen molar-refractivity contribution in [3.05, 3.63) is 0 Å². The molecule has 1 aliphatic rings. The molecule has 0 heterocycles. The minimum Gasteiger partial charge on any atom is -0.458 e. The zero-order chi connectivity index (χ0) is 16.0. The number of alkyl halides is 2. The van der Waals surface area contributed by atoms with Crippen LogP contribution >= 0.6 is 23.2 Å². The molecule has 0 saturated heterocycles. The largest absolute Gasteiger partial charge is 0.458 e. The van der Waals surface area contributed by atoms with E-state index in [0.29, 0.717) is 6.42 Å². The summed E-state index contributed by atoms with van der Waals surface area (Å²) in [5, 5.41) is 12.5. The zero-order valence-electron chi connectivity index (χ0n) is 12.3. The van der Waals surface area contributed by atoms with E-state index in [1.54, 1.807) is 27.7 Å². The first-order valence-corrected chi connectivity index (χ1v) is 7.09. The molecular weight excluding hydrogens is 305 g/mol. The lowest BCUT2D eigenvalue weighted by atomic mass is 10.0. The predicted octanol–water partition coefficient (Wildman–Crippen LogP) is 1.78. The normalized spacial score (nSPS) is 27.4. The Bertz CT molecular complexity index is 429. The van der Waals surface area contributed by atoms with E-state index in [-0.39, 0.29) is 6.54 Å². The Morgan fingerprint density at radius 2 is 1.75 bits per heavy atom. The van der Waals surface area contributed by atoms with E-state index in [4.69, 9.17) is 27.9 Å². The molecule has 0 aromatic rings. The molecule has 5 nitrogen and oxygen atoms in total. The lowest BCUT2D eigenvalue weighted by Crippen LogP contribution is -2.50. The SMILES string of the molecule is CC(C)(C)OC(=O)[C@](C)(O)CNC(=O)[C@@]1(C)CC1(Cl)Cl. The van der Waals surface area contributed by atoms with Gasteiger partial charge in [0, 0.05) is 0 Å². The van der Waals surface area contributed by atoms with Crippen LogP contribution in [0, 0.1) is 5.41 Å². The van der Waals surface area contributed by atoms with Gasteiger partial charge in [-0.25, -0.2) is 4.79 Å². The van der Waals surface area contributed by atoms with Crippen molar-refractivity contribution in [1.29, 1.82) is 0 Å². The molecule has 1 fully saturated rings. The average Bonchev–Trinajstić information content (AvgIpc) is 2.73. The number of hydrogen-bond acceptors (Lipinski definition) is 4. The number of halogens is 2. The molecule has 0 aliphatic heterocycles. The summed E-state index contributed by atoms with van der Waals surface area (Å²) in [6.07, 6.45) is 0.337. The number of rotatable bonds is 4. The first kappa shape index (κ1) is 17.5. The molecule has 0 aromatic carbocycles. The van der Waals surface area contributed by atoms with E-state index in [0.717, 1.165) is 0 Å². The fraction of sp³-hybridized carbons (Fsp3) is 0.846. The van der Waals surface area contributed by atoms with Gasteiger partial charge in [-0.15, -0.1) is 23.2 Å². The van der Waals surface area contributed by atoms with Crippen LogP contribution in [-0.4, -0.2) is 39.1 Å². The number of nitrogens with one attached hydrogen (secondary N) is 1. The van der Waals surface area contributed by atoms with Crippen LogP contribution in [0.15, 0.2) is 0 Å². The van der Waals surface area contributed by atoms with Crippen molar-refractivity contribution in [3.63, 3.8) is 0 Å². The standard InChI is InChI=1S/C13H21Cl2NO4/c1-10(2,3)20-9(18)12(5,19)7-16-8(17)11(4)6-13(11,14)15/h19H,6-7H2,1-5H3,(H,16,17)/t11-,12-/m1/s1. The summed E-state index contributed by atoms with van der Waals surface area (Å²) >= 11 is 11.8. The van der Waals surface area contributed by atoms with Crippen LogP contribution in [0.2, 0.25) is 0 Å². The van der Waals surface area contributed by atoms with Crippen LogP contribution in [0.25, 0.3) is 0 Å². The number of carbonyl (C=O) groups excluding carboxylic acids is 2. The maximum absolute atomic E-state index is 12.0. The highest BCUT2D eigenvalue weighted by Crippen LogP contribution is 2.63. The third-order valence-corrected chi connectivity index (χ3v) is 4.29. The first-order valence-electron chi connectivity index (χ1n) is 6.33. The van der Waals surface area contributed by atoms with Gasteiger partial charge in [0.25, 0.3) is 0 Å².